The highest BCUT2D eigenvalue weighted by Crippen LogP contribution is 2.23. The lowest BCUT2D eigenvalue weighted by Gasteiger charge is -2.08. The first kappa shape index (κ1) is 13.4. The van der Waals surface area contributed by atoms with Gasteiger partial charge >= 0.3 is 0 Å². The van der Waals surface area contributed by atoms with Gasteiger partial charge in [0.2, 0.25) is 0 Å². The number of halogens is 3. The van der Waals surface area contributed by atoms with E-state index in [0.29, 0.717) is 17.4 Å². The lowest BCUT2D eigenvalue weighted by molar-refractivity contribution is 0.623. The van der Waals surface area contributed by atoms with Crippen molar-refractivity contribution >= 4 is 34.2 Å². The van der Waals surface area contributed by atoms with Crippen molar-refractivity contribution in [2.45, 2.75) is 12.4 Å². The summed E-state index contributed by atoms with van der Waals surface area (Å²) in [6.07, 6.45) is 0. The second-order valence-corrected chi connectivity index (χ2v) is 5.21. The van der Waals surface area contributed by atoms with Crippen LogP contribution in [-0.4, -0.2) is 9.55 Å². The average molecular weight is 309 g/mol. The molecule has 0 unspecified atom stereocenters. The van der Waals surface area contributed by atoms with Gasteiger partial charge in [-0.25, -0.2) is 9.37 Å². The summed E-state index contributed by atoms with van der Waals surface area (Å²) in [6, 6.07) is 12.0. The Morgan fingerprint density at radius 1 is 1.15 bits per heavy atom. The Labute approximate surface area is 125 Å². The lowest BCUT2D eigenvalue weighted by atomic mass is 10.2. The van der Waals surface area contributed by atoms with Crippen molar-refractivity contribution in [3.05, 3.63) is 64.7 Å². The smallest absolute Gasteiger partial charge is 0.125 e. The molecule has 2 aromatic carbocycles. The molecule has 102 valence electrons. The van der Waals surface area contributed by atoms with Crippen LogP contribution in [-0.2, 0) is 12.4 Å². The SMILES string of the molecule is Fc1cccc(Cn2c(CCl)nc3ccc(Cl)cc32)c1. The van der Waals surface area contributed by atoms with Gasteiger partial charge < -0.3 is 4.57 Å². The van der Waals surface area contributed by atoms with E-state index in [2.05, 4.69) is 4.98 Å². The van der Waals surface area contributed by atoms with E-state index in [-0.39, 0.29) is 5.82 Å². The summed E-state index contributed by atoms with van der Waals surface area (Å²) in [5.74, 6) is 0.785. The minimum atomic E-state index is -0.252. The molecule has 0 amide bonds. The molecule has 0 atom stereocenters. The molecule has 20 heavy (non-hydrogen) atoms. The van der Waals surface area contributed by atoms with Gasteiger partial charge in [-0.05, 0) is 35.9 Å². The van der Waals surface area contributed by atoms with Gasteiger partial charge in [-0.2, -0.15) is 0 Å². The Bertz CT molecular complexity index is 768. The van der Waals surface area contributed by atoms with Crippen LogP contribution < -0.4 is 0 Å². The number of hydrogen-bond acceptors (Lipinski definition) is 1. The number of fused-ring (bicyclic) bond motifs is 1. The second-order valence-electron chi connectivity index (χ2n) is 4.51. The highest BCUT2D eigenvalue weighted by Gasteiger charge is 2.11. The molecule has 0 aliphatic rings. The van der Waals surface area contributed by atoms with Gasteiger partial charge in [-0.15, -0.1) is 11.6 Å². The van der Waals surface area contributed by atoms with Gasteiger partial charge in [0.05, 0.1) is 16.9 Å². The first-order chi connectivity index (χ1) is 9.67. The van der Waals surface area contributed by atoms with Gasteiger partial charge in [-0.1, -0.05) is 23.7 Å². The molecule has 0 saturated heterocycles. The first-order valence-corrected chi connectivity index (χ1v) is 7.03. The van der Waals surface area contributed by atoms with Crippen molar-refractivity contribution < 1.29 is 4.39 Å². The van der Waals surface area contributed by atoms with Crippen molar-refractivity contribution in [1.82, 2.24) is 9.55 Å². The molecule has 0 saturated carbocycles. The predicted molar refractivity (Wildman–Crippen MR) is 79.8 cm³/mol. The molecule has 3 rings (SSSR count). The minimum absolute atomic E-state index is 0.252. The minimum Gasteiger partial charge on any atom is -0.322 e. The Kier molecular flexibility index (Phi) is 3.64. The van der Waals surface area contributed by atoms with Crippen molar-refractivity contribution in [2.24, 2.45) is 0 Å². The van der Waals surface area contributed by atoms with E-state index >= 15 is 0 Å². The summed E-state index contributed by atoms with van der Waals surface area (Å²) in [5, 5.41) is 0.638. The summed E-state index contributed by atoms with van der Waals surface area (Å²) < 4.78 is 15.2. The van der Waals surface area contributed by atoms with Crippen LogP contribution >= 0.6 is 23.2 Å². The molecule has 0 spiro atoms. The fourth-order valence-corrected chi connectivity index (χ4v) is 2.61. The van der Waals surface area contributed by atoms with Crippen LogP contribution in [0.15, 0.2) is 42.5 Å². The number of aromatic nitrogens is 2. The molecular weight excluding hydrogens is 298 g/mol. The zero-order chi connectivity index (χ0) is 14.1. The molecule has 5 heteroatoms. The van der Waals surface area contributed by atoms with Gasteiger partial charge in [0.1, 0.15) is 11.6 Å². The van der Waals surface area contributed by atoms with Crippen molar-refractivity contribution in [1.29, 1.82) is 0 Å². The molecular formula is C15H11Cl2FN2. The Hall–Kier alpha value is -1.58. The summed E-state index contributed by atoms with van der Waals surface area (Å²) in [6.45, 7) is 0.511. The molecule has 0 aliphatic heterocycles. The molecule has 1 heterocycles. The van der Waals surface area contributed by atoms with Crippen LogP contribution in [0.2, 0.25) is 5.02 Å². The van der Waals surface area contributed by atoms with E-state index in [1.54, 1.807) is 12.1 Å². The number of rotatable bonds is 3. The molecule has 0 N–H and O–H groups in total. The number of benzene rings is 2. The molecule has 2 nitrogen and oxygen atoms in total. The largest absolute Gasteiger partial charge is 0.322 e. The lowest BCUT2D eigenvalue weighted by Crippen LogP contribution is -2.04. The standard InChI is InChI=1S/C15H11Cl2FN2/c16-8-15-19-13-5-4-11(17)7-14(13)20(15)9-10-2-1-3-12(18)6-10/h1-7H,8-9H2. The highest BCUT2D eigenvalue weighted by atomic mass is 35.5. The highest BCUT2D eigenvalue weighted by molar-refractivity contribution is 6.31. The summed E-state index contributed by atoms with van der Waals surface area (Å²) in [5.41, 5.74) is 2.59. The summed E-state index contributed by atoms with van der Waals surface area (Å²) in [4.78, 5) is 4.47. The average Bonchev–Trinajstić information content (AvgIpc) is 2.76. The zero-order valence-corrected chi connectivity index (χ0v) is 12.0. The predicted octanol–water partition coefficient (Wildman–Crippen LogP) is 4.62. The Morgan fingerprint density at radius 2 is 2.00 bits per heavy atom. The summed E-state index contributed by atoms with van der Waals surface area (Å²) >= 11 is 12.0. The molecule has 1 aromatic heterocycles. The molecule has 3 aromatic rings. The molecule has 0 fully saturated rings. The van der Waals surface area contributed by atoms with E-state index in [1.807, 2.05) is 22.8 Å². The monoisotopic (exact) mass is 308 g/mol. The van der Waals surface area contributed by atoms with Crippen LogP contribution in [0.3, 0.4) is 0 Å². The third-order valence-electron chi connectivity index (χ3n) is 3.14. The molecule has 0 aliphatic carbocycles. The summed E-state index contributed by atoms with van der Waals surface area (Å²) in [7, 11) is 0. The quantitative estimate of drug-likeness (QED) is 0.646. The van der Waals surface area contributed by atoms with E-state index in [9.17, 15) is 4.39 Å². The van der Waals surface area contributed by atoms with Crippen LogP contribution in [0.1, 0.15) is 11.4 Å². The van der Waals surface area contributed by atoms with E-state index in [0.717, 1.165) is 22.4 Å². The second kappa shape index (κ2) is 5.43. The van der Waals surface area contributed by atoms with Crippen LogP contribution in [0.25, 0.3) is 11.0 Å². The van der Waals surface area contributed by atoms with E-state index < -0.39 is 0 Å². The number of alkyl halides is 1. The van der Waals surface area contributed by atoms with Crippen LogP contribution in [0.5, 0.6) is 0 Å². The maximum absolute atomic E-state index is 13.3. The number of imidazole rings is 1. The maximum Gasteiger partial charge on any atom is 0.125 e. The van der Waals surface area contributed by atoms with E-state index in [4.69, 9.17) is 23.2 Å². The first-order valence-electron chi connectivity index (χ1n) is 6.12. The third kappa shape index (κ3) is 2.51. The van der Waals surface area contributed by atoms with Gasteiger partial charge in [0.15, 0.2) is 0 Å². The maximum atomic E-state index is 13.3. The zero-order valence-electron chi connectivity index (χ0n) is 10.5. The van der Waals surface area contributed by atoms with Gasteiger partial charge in [0.25, 0.3) is 0 Å². The Balaban J connectivity index is 2.11. The molecule has 0 bridgehead atoms. The number of nitrogens with zero attached hydrogens (tertiary/aromatic N) is 2. The fourth-order valence-electron chi connectivity index (χ4n) is 2.24. The van der Waals surface area contributed by atoms with Crippen molar-refractivity contribution in [3.63, 3.8) is 0 Å². The third-order valence-corrected chi connectivity index (χ3v) is 3.61. The Morgan fingerprint density at radius 3 is 2.75 bits per heavy atom. The van der Waals surface area contributed by atoms with Crippen molar-refractivity contribution in [3.8, 4) is 0 Å². The van der Waals surface area contributed by atoms with Crippen LogP contribution in [0, 0.1) is 5.82 Å². The van der Waals surface area contributed by atoms with Gasteiger partial charge in [-0.3, -0.25) is 0 Å². The number of hydrogen-bond donors (Lipinski definition) is 0. The topological polar surface area (TPSA) is 17.8 Å². The normalized spacial score (nSPS) is 11.2. The molecule has 0 radical (unpaired) electrons. The fraction of sp³-hybridized carbons (Fsp3) is 0.133. The van der Waals surface area contributed by atoms with Gasteiger partial charge in [0, 0.05) is 11.6 Å². The van der Waals surface area contributed by atoms with Crippen molar-refractivity contribution in [2.75, 3.05) is 0 Å². The van der Waals surface area contributed by atoms with E-state index in [1.165, 1.54) is 12.1 Å². The van der Waals surface area contributed by atoms with Crippen LogP contribution in [0.4, 0.5) is 4.39 Å².